The summed E-state index contributed by atoms with van der Waals surface area (Å²) in [7, 11) is 0. The predicted molar refractivity (Wildman–Crippen MR) is 156 cm³/mol. The molecule has 2 fully saturated rings. The van der Waals surface area contributed by atoms with Crippen LogP contribution in [0, 0.1) is 17.8 Å². The minimum Gasteiger partial charge on any atom is -0.460 e. The number of halogens is 1. The van der Waals surface area contributed by atoms with Gasteiger partial charge in [-0.1, -0.05) is 68.1 Å². The molecule has 0 aromatic heterocycles. The van der Waals surface area contributed by atoms with Gasteiger partial charge in [0.05, 0.1) is 25.1 Å². The van der Waals surface area contributed by atoms with Crippen molar-refractivity contribution in [1.29, 1.82) is 0 Å². The fourth-order valence-electron chi connectivity index (χ4n) is 6.59. The Morgan fingerprint density at radius 2 is 1.93 bits per heavy atom. The zero-order valence-electron chi connectivity index (χ0n) is 24.5. The Balaban J connectivity index is 1.82. The van der Waals surface area contributed by atoms with Crippen molar-refractivity contribution < 1.29 is 33.8 Å². The smallest absolute Gasteiger partial charge is 0.313 e. The Labute approximate surface area is 251 Å². The topological polar surface area (TPSA) is 125 Å². The molecule has 3 amide bonds. The van der Waals surface area contributed by atoms with E-state index in [1.807, 2.05) is 26.0 Å². The first-order valence-corrected chi connectivity index (χ1v) is 15.8. The van der Waals surface area contributed by atoms with Gasteiger partial charge in [-0.15, -0.1) is 0 Å². The van der Waals surface area contributed by atoms with Crippen LogP contribution in [0.15, 0.2) is 22.7 Å². The summed E-state index contributed by atoms with van der Waals surface area (Å²) in [4.78, 5) is 58.2. The highest BCUT2D eigenvalue weighted by molar-refractivity contribution is 9.11. The summed E-state index contributed by atoms with van der Waals surface area (Å²) < 4.78 is 12.9. The highest BCUT2D eigenvalue weighted by Gasteiger charge is 2.75. The Bertz CT molecular complexity index is 1080. The molecule has 2 N–H and O–H groups in total. The number of hydrogen-bond donors (Lipinski definition) is 2. The molecule has 8 atom stereocenters. The first-order chi connectivity index (χ1) is 19.6. The molecule has 0 aliphatic carbocycles. The SMILES string of the molecule is CCCCCN1C/C=C\CCC(=O)NC[C@H](C)OC(=O)[C@H]2[C@@H]3O[C@@]4(C=C3Br)[C@@H]2C(=O)N([C@@H](CO)[C@@H](C)CC)[C@@H]4C1=O. The summed E-state index contributed by atoms with van der Waals surface area (Å²) in [6.07, 6.45) is 8.36. The molecular weight excluding hydrogens is 594 g/mol. The van der Waals surface area contributed by atoms with Crippen LogP contribution in [-0.2, 0) is 28.7 Å². The van der Waals surface area contributed by atoms with E-state index >= 15 is 0 Å². The van der Waals surface area contributed by atoms with Gasteiger partial charge in [0, 0.05) is 24.0 Å². The predicted octanol–water partition coefficient (Wildman–Crippen LogP) is 2.68. The van der Waals surface area contributed by atoms with Crippen molar-refractivity contribution in [3.05, 3.63) is 22.7 Å². The first kappa shape index (κ1) is 31.7. The molecule has 10 nitrogen and oxygen atoms in total. The van der Waals surface area contributed by atoms with E-state index in [4.69, 9.17) is 9.47 Å². The summed E-state index contributed by atoms with van der Waals surface area (Å²) in [5, 5.41) is 13.3. The number of cyclic esters (lactones) is 1. The summed E-state index contributed by atoms with van der Waals surface area (Å²) >= 11 is 3.56. The van der Waals surface area contributed by atoms with E-state index in [0.717, 1.165) is 19.3 Å². The van der Waals surface area contributed by atoms with Gasteiger partial charge in [-0.25, -0.2) is 0 Å². The molecule has 0 aromatic rings. The number of ether oxygens (including phenoxy) is 2. The number of hydrogen-bond acceptors (Lipinski definition) is 7. The highest BCUT2D eigenvalue weighted by Crippen LogP contribution is 2.59. The molecule has 4 aliphatic rings. The van der Waals surface area contributed by atoms with Crippen LogP contribution in [0.3, 0.4) is 0 Å². The number of allylic oxidation sites excluding steroid dienone is 1. The van der Waals surface area contributed by atoms with Crippen LogP contribution in [0.5, 0.6) is 0 Å². The van der Waals surface area contributed by atoms with E-state index in [9.17, 15) is 24.3 Å². The van der Waals surface area contributed by atoms with Crippen LogP contribution >= 0.6 is 15.9 Å². The van der Waals surface area contributed by atoms with Crippen LogP contribution in [0.1, 0.15) is 66.2 Å². The summed E-state index contributed by atoms with van der Waals surface area (Å²) in [5.41, 5.74) is -1.37. The normalized spacial score (nSPS) is 34.7. The number of nitrogens with zero attached hydrogens (tertiary/aromatic N) is 2. The number of aliphatic hydroxyl groups is 1. The fourth-order valence-corrected chi connectivity index (χ4v) is 7.33. The molecule has 4 rings (SSSR count). The minimum atomic E-state index is -1.37. The van der Waals surface area contributed by atoms with Crippen molar-refractivity contribution in [3.63, 3.8) is 0 Å². The monoisotopic (exact) mass is 637 g/mol. The summed E-state index contributed by atoms with van der Waals surface area (Å²) in [5.74, 6) is -3.46. The Hall–Kier alpha value is -2.24. The largest absolute Gasteiger partial charge is 0.460 e. The van der Waals surface area contributed by atoms with E-state index in [2.05, 4.69) is 28.2 Å². The standard InChI is InChI=1S/C30H44BrN3O7/c1-5-7-10-13-33-14-11-8-9-12-22(36)32-16-19(4)40-29(39)23-24-27(37)34(21(17-35)18(3)6-2)26(28(33)38)30(24)15-20(31)25(23)41-30/h8,11,15,18-19,21,23-26,35H,5-7,9-10,12-14,16-17H2,1-4H3,(H,32,36)/b11-8-/t18-,19-,21-,23+,24-,25+,26+,30-/m0/s1. The van der Waals surface area contributed by atoms with Crippen molar-refractivity contribution in [1.82, 2.24) is 15.1 Å². The molecular formula is C30H44BrN3O7. The summed E-state index contributed by atoms with van der Waals surface area (Å²) in [6, 6.07) is -1.67. The second-order valence-corrected chi connectivity index (χ2v) is 12.7. The van der Waals surface area contributed by atoms with Crippen molar-refractivity contribution in [2.24, 2.45) is 17.8 Å². The number of carbonyl (C=O) groups excluding carboxylic acids is 4. The van der Waals surface area contributed by atoms with Crippen molar-refractivity contribution in [2.75, 3.05) is 26.2 Å². The first-order valence-electron chi connectivity index (χ1n) is 15.0. The number of likely N-dealkylation sites (tertiary alicyclic amines) is 1. The van der Waals surface area contributed by atoms with E-state index in [1.165, 1.54) is 4.90 Å². The van der Waals surface area contributed by atoms with Crippen LogP contribution in [-0.4, -0.2) is 94.7 Å². The molecule has 41 heavy (non-hydrogen) atoms. The van der Waals surface area contributed by atoms with E-state index in [-0.39, 0.29) is 43.2 Å². The third-order valence-electron chi connectivity index (χ3n) is 8.99. The highest BCUT2D eigenvalue weighted by atomic mass is 79.9. The second kappa shape index (κ2) is 13.4. The van der Waals surface area contributed by atoms with Gasteiger partial charge in [-0.05, 0) is 31.8 Å². The Morgan fingerprint density at radius 1 is 1.17 bits per heavy atom. The zero-order valence-corrected chi connectivity index (χ0v) is 26.1. The molecule has 4 heterocycles. The lowest BCUT2D eigenvalue weighted by atomic mass is 9.74. The van der Waals surface area contributed by atoms with E-state index in [0.29, 0.717) is 30.4 Å². The maximum absolute atomic E-state index is 14.6. The number of nitrogens with one attached hydrogen (secondary N) is 1. The van der Waals surface area contributed by atoms with Crippen molar-refractivity contribution in [3.8, 4) is 0 Å². The lowest BCUT2D eigenvalue weighted by Gasteiger charge is -2.40. The molecule has 1 spiro atoms. The number of aliphatic hydroxyl groups excluding tert-OH is 1. The number of carbonyl (C=O) groups is 4. The Morgan fingerprint density at radius 3 is 2.61 bits per heavy atom. The van der Waals surface area contributed by atoms with Crippen LogP contribution < -0.4 is 5.32 Å². The molecule has 2 saturated heterocycles. The van der Waals surface area contributed by atoms with Gasteiger partial charge in [0.15, 0.2) is 0 Å². The average molecular weight is 639 g/mol. The number of esters is 1. The third-order valence-corrected chi connectivity index (χ3v) is 9.67. The fraction of sp³-hybridized carbons (Fsp3) is 0.733. The molecule has 228 valence electrons. The van der Waals surface area contributed by atoms with Gasteiger partial charge in [0.2, 0.25) is 17.7 Å². The quantitative estimate of drug-likeness (QED) is 0.238. The molecule has 0 aromatic carbocycles. The van der Waals surface area contributed by atoms with E-state index in [1.54, 1.807) is 17.9 Å². The average Bonchev–Trinajstić information content (AvgIpc) is 3.53. The maximum Gasteiger partial charge on any atom is 0.313 e. The van der Waals surface area contributed by atoms with Crippen LogP contribution in [0.4, 0.5) is 0 Å². The van der Waals surface area contributed by atoms with Gasteiger partial charge in [0.25, 0.3) is 0 Å². The molecule has 0 unspecified atom stereocenters. The minimum absolute atomic E-state index is 0.0978. The molecule has 11 heteroatoms. The van der Waals surface area contributed by atoms with Crippen molar-refractivity contribution in [2.45, 2.75) is 96.1 Å². The molecule has 0 saturated carbocycles. The molecule has 0 radical (unpaired) electrons. The zero-order chi connectivity index (χ0) is 29.9. The van der Waals surface area contributed by atoms with Gasteiger partial charge in [0.1, 0.15) is 29.8 Å². The van der Waals surface area contributed by atoms with Gasteiger partial charge >= 0.3 is 5.97 Å². The maximum atomic E-state index is 14.6. The summed E-state index contributed by atoms with van der Waals surface area (Å²) in [6.45, 7) is 8.34. The lowest BCUT2D eigenvalue weighted by Crippen LogP contribution is -2.59. The van der Waals surface area contributed by atoms with Gasteiger partial charge in [-0.2, -0.15) is 0 Å². The number of amides is 3. The number of rotatable bonds is 8. The van der Waals surface area contributed by atoms with Gasteiger partial charge in [-0.3, -0.25) is 19.2 Å². The van der Waals surface area contributed by atoms with Crippen molar-refractivity contribution >= 4 is 39.6 Å². The van der Waals surface area contributed by atoms with Crippen LogP contribution in [0.2, 0.25) is 0 Å². The second-order valence-electron chi connectivity index (χ2n) is 11.8. The molecule has 4 aliphatic heterocycles. The lowest BCUT2D eigenvalue weighted by molar-refractivity contribution is -0.160. The number of fused-ring (bicyclic) bond motifs is 2. The third kappa shape index (κ3) is 5.99. The van der Waals surface area contributed by atoms with Gasteiger partial charge < -0.3 is 29.7 Å². The molecule has 5 bridgehead atoms. The number of unbranched alkanes of at least 4 members (excludes halogenated alkanes) is 2. The van der Waals surface area contributed by atoms with Crippen LogP contribution in [0.25, 0.3) is 0 Å². The Kier molecular flexibility index (Phi) is 10.3. The van der Waals surface area contributed by atoms with E-state index < -0.39 is 47.7 Å².